The molecule has 0 saturated carbocycles. The monoisotopic (exact) mass is 255 g/mol. The zero-order valence-electron chi connectivity index (χ0n) is 11.0. The molecule has 0 radical (unpaired) electrons. The second-order valence-electron chi connectivity index (χ2n) is 4.91. The minimum absolute atomic E-state index is 0.000915. The number of nitrogens with one attached hydrogen (secondary N) is 1. The van der Waals surface area contributed by atoms with E-state index in [1.54, 1.807) is 0 Å². The molecule has 1 aliphatic rings. The summed E-state index contributed by atoms with van der Waals surface area (Å²) in [6.45, 7) is 3.68. The van der Waals surface area contributed by atoms with Crippen LogP contribution >= 0.6 is 0 Å². The molecule has 1 unspecified atom stereocenters. The topological polar surface area (TPSA) is 49.0 Å². The van der Waals surface area contributed by atoms with Crippen LogP contribution in [-0.2, 0) is 13.1 Å². The van der Waals surface area contributed by atoms with Gasteiger partial charge in [0, 0.05) is 13.1 Å². The first-order chi connectivity index (χ1) is 9.29. The number of aromatic nitrogens is 2. The Hall–Kier alpha value is -1.94. The van der Waals surface area contributed by atoms with Gasteiger partial charge in [0.05, 0.1) is 23.6 Å². The fraction of sp³-hybridized carbons (Fsp3) is 0.333. The van der Waals surface area contributed by atoms with Gasteiger partial charge in [-0.3, -0.25) is 9.69 Å². The Morgan fingerprint density at radius 2 is 2.16 bits per heavy atom. The predicted octanol–water partition coefficient (Wildman–Crippen LogP) is 2.24. The molecule has 4 nitrogen and oxygen atoms in total. The van der Waals surface area contributed by atoms with Gasteiger partial charge in [0.1, 0.15) is 0 Å². The summed E-state index contributed by atoms with van der Waals surface area (Å²) in [5.41, 5.74) is 3.04. The maximum atomic E-state index is 11.8. The molecule has 4 heteroatoms. The molecule has 0 saturated heterocycles. The van der Waals surface area contributed by atoms with E-state index in [2.05, 4.69) is 33.9 Å². The van der Waals surface area contributed by atoms with Crippen LogP contribution in [0.2, 0.25) is 0 Å². The smallest absolute Gasteiger partial charge is 0.255 e. The number of rotatable bonds is 3. The summed E-state index contributed by atoms with van der Waals surface area (Å²) in [7, 11) is 0. The van der Waals surface area contributed by atoms with E-state index in [1.165, 1.54) is 11.9 Å². The number of H-pyrrole nitrogens is 1. The van der Waals surface area contributed by atoms with E-state index in [9.17, 15) is 4.79 Å². The van der Waals surface area contributed by atoms with Gasteiger partial charge in [0.2, 0.25) is 0 Å². The Morgan fingerprint density at radius 3 is 2.89 bits per heavy atom. The highest BCUT2D eigenvalue weighted by atomic mass is 16.1. The molecular weight excluding hydrogens is 238 g/mol. The number of hydrogen-bond acceptors (Lipinski definition) is 3. The minimum Gasteiger partial charge on any atom is -0.313 e. The minimum atomic E-state index is -0.000915. The van der Waals surface area contributed by atoms with Crippen molar-refractivity contribution in [3.63, 3.8) is 0 Å². The van der Waals surface area contributed by atoms with Gasteiger partial charge < -0.3 is 4.98 Å². The van der Waals surface area contributed by atoms with Gasteiger partial charge >= 0.3 is 0 Å². The first kappa shape index (κ1) is 12.1. The van der Waals surface area contributed by atoms with Crippen molar-refractivity contribution in [1.29, 1.82) is 0 Å². The van der Waals surface area contributed by atoms with Gasteiger partial charge in [-0.2, -0.15) is 0 Å². The molecule has 1 aromatic heterocycles. The molecule has 2 aromatic rings. The summed E-state index contributed by atoms with van der Waals surface area (Å²) < 4.78 is 0. The van der Waals surface area contributed by atoms with Crippen LogP contribution in [0, 0.1) is 0 Å². The van der Waals surface area contributed by atoms with Crippen molar-refractivity contribution >= 4 is 0 Å². The number of nitrogens with zero attached hydrogens (tertiary/aromatic N) is 2. The number of fused-ring (bicyclic) bond motifs is 1. The lowest BCUT2D eigenvalue weighted by atomic mass is 10.1. The molecule has 0 aliphatic carbocycles. The summed E-state index contributed by atoms with van der Waals surface area (Å²) in [6.07, 6.45) is 2.48. The van der Waals surface area contributed by atoms with Gasteiger partial charge in [-0.1, -0.05) is 37.3 Å². The van der Waals surface area contributed by atoms with Crippen LogP contribution in [0.5, 0.6) is 0 Å². The average molecular weight is 255 g/mol. The van der Waals surface area contributed by atoms with E-state index < -0.39 is 0 Å². The van der Waals surface area contributed by atoms with Crippen molar-refractivity contribution in [2.45, 2.75) is 32.5 Å². The highest BCUT2D eigenvalue weighted by Crippen LogP contribution is 2.33. The van der Waals surface area contributed by atoms with Gasteiger partial charge in [0.15, 0.2) is 0 Å². The molecule has 19 heavy (non-hydrogen) atoms. The van der Waals surface area contributed by atoms with E-state index in [1.807, 2.05) is 18.2 Å². The summed E-state index contributed by atoms with van der Waals surface area (Å²) in [6, 6.07) is 10.6. The van der Waals surface area contributed by atoms with Crippen LogP contribution in [0.1, 0.15) is 36.2 Å². The Morgan fingerprint density at radius 1 is 1.37 bits per heavy atom. The highest BCUT2D eigenvalue weighted by Gasteiger charge is 2.31. The lowest BCUT2D eigenvalue weighted by molar-refractivity contribution is 0.199. The predicted molar refractivity (Wildman–Crippen MR) is 73.6 cm³/mol. The van der Waals surface area contributed by atoms with Crippen LogP contribution < -0.4 is 5.56 Å². The largest absolute Gasteiger partial charge is 0.313 e. The zero-order chi connectivity index (χ0) is 13.2. The van der Waals surface area contributed by atoms with Crippen LogP contribution in [0.15, 0.2) is 41.5 Å². The van der Waals surface area contributed by atoms with Crippen molar-refractivity contribution in [2.75, 3.05) is 0 Å². The third kappa shape index (κ3) is 2.19. The fourth-order valence-electron chi connectivity index (χ4n) is 2.80. The Balaban J connectivity index is 1.90. The maximum Gasteiger partial charge on any atom is 0.255 e. The molecule has 98 valence electrons. The molecule has 1 aliphatic heterocycles. The zero-order valence-corrected chi connectivity index (χ0v) is 11.0. The van der Waals surface area contributed by atoms with Crippen molar-refractivity contribution in [2.24, 2.45) is 0 Å². The maximum absolute atomic E-state index is 11.8. The first-order valence-corrected chi connectivity index (χ1v) is 6.64. The third-order valence-corrected chi connectivity index (χ3v) is 3.72. The summed E-state index contributed by atoms with van der Waals surface area (Å²) >= 11 is 0. The molecule has 0 amide bonds. The summed E-state index contributed by atoms with van der Waals surface area (Å²) in [4.78, 5) is 21.2. The van der Waals surface area contributed by atoms with E-state index >= 15 is 0 Å². The molecule has 1 N–H and O–H groups in total. The molecule has 1 aromatic carbocycles. The Bertz CT molecular complexity index is 621. The summed E-state index contributed by atoms with van der Waals surface area (Å²) in [5.74, 6) is 0. The van der Waals surface area contributed by atoms with Gasteiger partial charge in [0.25, 0.3) is 5.56 Å². The highest BCUT2D eigenvalue weighted by molar-refractivity contribution is 5.26. The Kier molecular flexibility index (Phi) is 3.17. The van der Waals surface area contributed by atoms with Crippen LogP contribution in [-0.4, -0.2) is 14.9 Å². The number of benzene rings is 1. The molecule has 3 rings (SSSR count). The fourth-order valence-corrected chi connectivity index (χ4v) is 2.80. The van der Waals surface area contributed by atoms with Crippen LogP contribution in [0.3, 0.4) is 0 Å². The van der Waals surface area contributed by atoms with E-state index in [0.717, 1.165) is 24.2 Å². The number of hydrogen-bond donors (Lipinski definition) is 1. The first-order valence-electron chi connectivity index (χ1n) is 6.64. The van der Waals surface area contributed by atoms with Crippen molar-refractivity contribution < 1.29 is 0 Å². The van der Waals surface area contributed by atoms with E-state index in [0.29, 0.717) is 6.54 Å². The van der Waals surface area contributed by atoms with Gasteiger partial charge in [-0.05, 0) is 12.0 Å². The summed E-state index contributed by atoms with van der Waals surface area (Å²) in [5, 5.41) is 0. The van der Waals surface area contributed by atoms with Crippen LogP contribution in [0.25, 0.3) is 0 Å². The molecule has 0 fully saturated rings. The second kappa shape index (κ2) is 4.97. The SMILES string of the molecule is CCC1c2nc[nH]c(=O)c2CN1Cc1ccccc1. The average Bonchev–Trinajstić information content (AvgIpc) is 2.79. The van der Waals surface area contributed by atoms with Gasteiger partial charge in [-0.15, -0.1) is 0 Å². The van der Waals surface area contributed by atoms with Crippen LogP contribution in [0.4, 0.5) is 0 Å². The molecule has 0 spiro atoms. The lowest BCUT2D eigenvalue weighted by Gasteiger charge is -2.23. The van der Waals surface area contributed by atoms with E-state index in [4.69, 9.17) is 0 Å². The molecule has 1 atom stereocenters. The second-order valence-corrected chi connectivity index (χ2v) is 4.91. The Labute approximate surface area is 112 Å². The quantitative estimate of drug-likeness (QED) is 0.915. The van der Waals surface area contributed by atoms with Gasteiger partial charge in [-0.25, -0.2) is 4.98 Å². The van der Waals surface area contributed by atoms with Crippen molar-refractivity contribution in [3.8, 4) is 0 Å². The third-order valence-electron chi connectivity index (χ3n) is 3.72. The number of aromatic amines is 1. The molecule has 2 heterocycles. The normalized spacial score (nSPS) is 18.5. The molecular formula is C15H17N3O. The van der Waals surface area contributed by atoms with Crippen molar-refractivity contribution in [1.82, 2.24) is 14.9 Å². The lowest BCUT2D eigenvalue weighted by Crippen LogP contribution is -2.21. The molecule has 0 bridgehead atoms. The van der Waals surface area contributed by atoms with Crippen molar-refractivity contribution in [3.05, 3.63) is 63.8 Å². The standard InChI is InChI=1S/C15H17N3O/c1-2-13-14-12(15(19)17-10-16-14)9-18(13)8-11-6-4-3-5-7-11/h3-7,10,13H,2,8-9H2,1H3,(H,16,17,19). The van der Waals surface area contributed by atoms with E-state index in [-0.39, 0.29) is 11.6 Å².